The highest BCUT2D eigenvalue weighted by molar-refractivity contribution is 5.78. The first kappa shape index (κ1) is 10.7. The van der Waals surface area contributed by atoms with Crippen LogP contribution < -0.4 is 5.73 Å². The Morgan fingerprint density at radius 2 is 1.93 bits per heavy atom. The van der Waals surface area contributed by atoms with Crippen LogP contribution in [0.3, 0.4) is 0 Å². The van der Waals surface area contributed by atoms with Crippen LogP contribution in [0.5, 0.6) is 0 Å². The summed E-state index contributed by atoms with van der Waals surface area (Å²) in [5, 5.41) is 18.3. The highest BCUT2D eigenvalue weighted by atomic mass is 16.4. The van der Waals surface area contributed by atoms with E-state index in [-0.39, 0.29) is 0 Å². The van der Waals surface area contributed by atoms with Crippen LogP contribution in [0.1, 0.15) is 18.5 Å². The second-order valence-corrected chi connectivity index (χ2v) is 3.34. The molecule has 0 radical (unpaired) electrons. The van der Waals surface area contributed by atoms with Crippen LogP contribution in [-0.2, 0) is 4.79 Å². The molecule has 0 aliphatic carbocycles. The van der Waals surface area contributed by atoms with Gasteiger partial charge in [-0.25, -0.2) is 4.79 Å². The van der Waals surface area contributed by atoms with Gasteiger partial charge in [0.15, 0.2) is 5.60 Å². The summed E-state index contributed by atoms with van der Waals surface area (Å²) < 4.78 is 0. The molecule has 76 valence electrons. The number of carboxylic acids is 1. The van der Waals surface area contributed by atoms with E-state index in [1.165, 1.54) is 6.92 Å². The van der Waals surface area contributed by atoms with E-state index in [0.717, 1.165) is 0 Å². The monoisotopic (exact) mass is 195 g/mol. The first-order chi connectivity index (χ1) is 6.46. The van der Waals surface area contributed by atoms with Crippen LogP contribution in [0.15, 0.2) is 30.3 Å². The first-order valence-corrected chi connectivity index (χ1v) is 4.22. The predicted molar refractivity (Wildman–Crippen MR) is 51.6 cm³/mol. The van der Waals surface area contributed by atoms with Gasteiger partial charge >= 0.3 is 5.97 Å². The van der Waals surface area contributed by atoms with Crippen molar-refractivity contribution in [3.63, 3.8) is 0 Å². The number of aliphatic carboxylic acids is 1. The lowest BCUT2D eigenvalue weighted by molar-refractivity contribution is -0.158. The van der Waals surface area contributed by atoms with Gasteiger partial charge < -0.3 is 15.9 Å². The van der Waals surface area contributed by atoms with Crippen LogP contribution in [0.4, 0.5) is 0 Å². The van der Waals surface area contributed by atoms with E-state index < -0.39 is 17.6 Å². The molecule has 4 heteroatoms. The second-order valence-electron chi connectivity index (χ2n) is 3.34. The molecule has 1 aromatic rings. The van der Waals surface area contributed by atoms with E-state index in [2.05, 4.69) is 0 Å². The minimum atomic E-state index is -1.94. The quantitative estimate of drug-likeness (QED) is 0.656. The second kappa shape index (κ2) is 3.77. The first-order valence-electron chi connectivity index (χ1n) is 4.22. The molecule has 1 aromatic carbocycles. The molecule has 0 saturated heterocycles. The smallest absolute Gasteiger partial charge is 0.337 e. The van der Waals surface area contributed by atoms with Crippen LogP contribution in [0, 0.1) is 0 Å². The largest absolute Gasteiger partial charge is 0.479 e. The fourth-order valence-corrected chi connectivity index (χ4v) is 1.12. The van der Waals surface area contributed by atoms with Crippen molar-refractivity contribution in [1.29, 1.82) is 0 Å². The number of benzene rings is 1. The van der Waals surface area contributed by atoms with E-state index in [4.69, 9.17) is 10.8 Å². The lowest BCUT2D eigenvalue weighted by Gasteiger charge is -2.25. The predicted octanol–water partition coefficient (Wildman–Crippen LogP) is 0.522. The van der Waals surface area contributed by atoms with Gasteiger partial charge in [-0.1, -0.05) is 30.3 Å². The Hall–Kier alpha value is -1.39. The van der Waals surface area contributed by atoms with Crippen LogP contribution in [-0.4, -0.2) is 21.8 Å². The number of nitrogens with two attached hydrogens (primary N) is 1. The van der Waals surface area contributed by atoms with Gasteiger partial charge in [0.1, 0.15) is 0 Å². The van der Waals surface area contributed by atoms with E-state index in [1.807, 2.05) is 0 Å². The fraction of sp³-hybridized carbons (Fsp3) is 0.300. The molecule has 1 rings (SSSR count). The van der Waals surface area contributed by atoms with Gasteiger partial charge in [0.25, 0.3) is 0 Å². The highest BCUT2D eigenvalue weighted by Crippen LogP contribution is 2.23. The zero-order valence-electron chi connectivity index (χ0n) is 7.84. The van der Waals surface area contributed by atoms with Gasteiger partial charge in [-0.05, 0) is 12.5 Å². The van der Waals surface area contributed by atoms with Gasteiger partial charge in [0.05, 0.1) is 6.04 Å². The number of hydrogen-bond donors (Lipinski definition) is 3. The zero-order valence-corrected chi connectivity index (χ0v) is 7.84. The number of aliphatic hydroxyl groups is 1. The zero-order chi connectivity index (χ0) is 10.8. The Morgan fingerprint density at radius 3 is 2.36 bits per heavy atom. The Labute approximate surface area is 82.0 Å². The average Bonchev–Trinajstić information content (AvgIpc) is 2.17. The van der Waals surface area contributed by atoms with Gasteiger partial charge in [0.2, 0.25) is 0 Å². The molecule has 4 nitrogen and oxygen atoms in total. The summed E-state index contributed by atoms with van der Waals surface area (Å²) in [7, 11) is 0. The molecular weight excluding hydrogens is 182 g/mol. The normalized spacial score (nSPS) is 17.1. The number of carboxylic acid groups (broad SMARTS) is 1. The van der Waals surface area contributed by atoms with E-state index in [0.29, 0.717) is 5.56 Å². The molecule has 4 N–H and O–H groups in total. The van der Waals surface area contributed by atoms with Gasteiger partial charge in [0, 0.05) is 0 Å². The summed E-state index contributed by atoms with van der Waals surface area (Å²) in [6.07, 6.45) is 0. The lowest BCUT2D eigenvalue weighted by Crippen LogP contribution is -2.45. The van der Waals surface area contributed by atoms with E-state index in [1.54, 1.807) is 30.3 Å². The summed E-state index contributed by atoms with van der Waals surface area (Å²) in [6.45, 7) is 1.19. The van der Waals surface area contributed by atoms with Crippen molar-refractivity contribution in [3.8, 4) is 0 Å². The summed E-state index contributed by atoms with van der Waals surface area (Å²) >= 11 is 0. The lowest BCUT2D eigenvalue weighted by atomic mass is 9.91. The van der Waals surface area contributed by atoms with Crippen molar-refractivity contribution in [1.82, 2.24) is 0 Å². The average molecular weight is 195 g/mol. The third-order valence-corrected chi connectivity index (χ3v) is 2.20. The molecule has 0 heterocycles. The third kappa shape index (κ3) is 1.92. The minimum Gasteiger partial charge on any atom is -0.479 e. The topological polar surface area (TPSA) is 83.5 Å². The molecule has 0 spiro atoms. The molecule has 0 amide bonds. The SMILES string of the molecule is C[C@](O)(C(=O)O)[C@@H](N)c1ccccc1. The van der Waals surface area contributed by atoms with Gasteiger partial charge in [-0.2, -0.15) is 0 Å². The van der Waals surface area contributed by atoms with Gasteiger partial charge in [-0.15, -0.1) is 0 Å². The number of carbonyl (C=O) groups is 1. The third-order valence-electron chi connectivity index (χ3n) is 2.20. The Balaban J connectivity index is 2.96. The Bertz CT molecular complexity index is 321. The molecule has 0 bridgehead atoms. The van der Waals surface area contributed by atoms with Crippen molar-refractivity contribution in [3.05, 3.63) is 35.9 Å². The van der Waals surface area contributed by atoms with Crippen molar-refractivity contribution in [2.45, 2.75) is 18.6 Å². The summed E-state index contributed by atoms with van der Waals surface area (Å²) in [6, 6.07) is 7.72. The Morgan fingerprint density at radius 1 is 1.43 bits per heavy atom. The van der Waals surface area contributed by atoms with Crippen molar-refractivity contribution in [2.24, 2.45) is 5.73 Å². The van der Waals surface area contributed by atoms with Gasteiger partial charge in [-0.3, -0.25) is 0 Å². The van der Waals surface area contributed by atoms with E-state index >= 15 is 0 Å². The maximum atomic E-state index is 10.7. The van der Waals surface area contributed by atoms with Crippen LogP contribution in [0.25, 0.3) is 0 Å². The number of hydrogen-bond acceptors (Lipinski definition) is 3. The fourth-order valence-electron chi connectivity index (χ4n) is 1.12. The summed E-state index contributed by atoms with van der Waals surface area (Å²) in [4.78, 5) is 10.7. The summed E-state index contributed by atoms with van der Waals surface area (Å²) in [5.74, 6) is -1.33. The molecular formula is C10H13NO3. The van der Waals surface area contributed by atoms with Crippen LogP contribution >= 0.6 is 0 Å². The molecule has 0 aliphatic rings. The molecule has 14 heavy (non-hydrogen) atoms. The highest BCUT2D eigenvalue weighted by Gasteiger charge is 2.37. The van der Waals surface area contributed by atoms with Crippen molar-refractivity contribution < 1.29 is 15.0 Å². The number of rotatable bonds is 3. The molecule has 2 atom stereocenters. The molecule has 0 fully saturated rings. The maximum absolute atomic E-state index is 10.7. The molecule has 0 aromatic heterocycles. The van der Waals surface area contributed by atoms with E-state index in [9.17, 15) is 9.90 Å². The summed E-state index contributed by atoms with van der Waals surface area (Å²) in [5.41, 5.74) is 4.30. The van der Waals surface area contributed by atoms with Crippen molar-refractivity contribution >= 4 is 5.97 Å². The van der Waals surface area contributed by atoms with Crippen molar-refractivity contribution in [2.75, 3.05) is 0 Å². The maximum Gasteiger partial charge on any atom is 0.337 e. The molecule has 0 aliphatic heterocycles. The van der Waals surface area contributed by atoms with Crippen LogP contribution in [0.2, 0.25) is 0 Å². The molecule has 0 unspecified atom stereocenters. The minimum absolute atomic E-state index is 0.597. The standard InChI is InChI=1S/C10H13NO3/c1-10(14,9(12)13)8(11)7-5-3-2-4-6-7/h2-6,8,14H,11H2,1H3,(H,12,13)/t8-,10+/m0/s1. The Kier molecular flexibility index (Phi) is 2.88. The molecule has 0 saturated carbocycles.